The smallest absolute Gasteiger partial charge is 0.390 e. The lowest BCUT2D eigenvalue weighted by atomic mass is 9.88. The standard InChI is InChI=1S/C25H29F3N2O2/c1-31-23-14-17-10-12-30(13-11-25(26,27)28)22(20(17)15-24(23)32-2)9-5-6-18-16-29-21-8-4-3-7-19(18)21/h3-4,7-8,14-16,22,29H,5-6,9-13H2,1-2H3. The van der Waals surface area contributed by atoms with Crippen molar-refractivity contribution in [3.05, 3.63) is 59.3 Å². The van der Waals surface area contributed by atoms with Gasteiger partial charge in [-0.15, -0.1) is 0 Å². The highest BCUT2D eigenvalue weighted by molar-refractivity contribution is 5.83. The quantitative estimate of drug-likeness (QED) is 0.457. The van der Waals surface area contributed by atoms with Crippen LogP contribution in [0.1, 0.15) is 42.0 Å². The summed E-state index contributed by atoms with van der Waals surface area (Å²) in [5.41, 5.74) is 4.53. The Kier molecular flexibility index (Phi) is 6.65. The summed E-state index contributed by atoms with van der Waals surface area (Å²) in [4.78, 5) is 5.28. The van der Waals surface area contributed by atoms with Gasteiger partial charge in [0.15, 0.2) is 11.5 Å². The van der Waals surface area contributed by atoms with Crippen molar-refractivity contribution in [2.75, 3.05) is 27.3 Å². The van der Waals surface area contributed by atoms with Gasteiger partial charge in [-0.3, -0.25) is 4.90 Å². The number of halogens is 3. The van der Waals surface area contributed by atoms with E-state index in [1.807, 2.05) is 35.4 Å². The van der Waals surface area contributed by atoms with E-state index in [0.29, 0.717) is 24.5 Å². The molecule has 0 radical (unpaired) electrons. The molecule has 7 heteroatoms. The van der Waals surface area contributed by atoms with Gasteiger partial charge in [0.05, 0.1) is 20.6 Å². The molecule has 32 heavy (non-hydrogen) atoms. The van der Waals surface area contributed by atoms with Gasteiger partial charge >= 0.3 is 6.18 Å². The lowest BCUT2D eigenvalue weighted by molar-refractivity contribution is -0.139. The molecule has 4 nitrogen and oxygen atoms in total. The van der Waals surface area contributed by atoms with Crippen LogP contribution in [-0.2, 0) is 12.8 Å². The van der Waals surface area contributed by atoms with Crippen LogP contribution in [0.15, 0.2) is 42.6 Å². The minimum absolute atomic E-state index is 0.00897. The van der Waals surface area contributed by atoms with Crippen LogP contribution in [-0.4, -0.2) is 43.4 Å². The molecule has 0 bridgehead atoms. The maximum Gasteiger partial charge on any atom is 0.390 e. The highest BCUT2D eigenvalue weighted by Gasteiger charge is 2.33. The molecule has 1 aliphatic rings. The molecule has 0 spiro atoms. The Morgan fingerprint density at radius 3 is 2.59 bits per heavy atom. The highest BCUT2D eigenvalue weighted by Crippen LogP contribution is 2.40. The Hall–Kier alpha value is -2.67. The van der Waals surface area contributed by atoms with E-state index in [4.69, 9.17) is 9.47 Å². The first-order valence-electron chi connectivity index (χ1n) is 11.0. The van der Waals surface area contributed by atoms with E-state index in [0.717, 1.165) is 35.9 Å². The number of nitrogens with one attached hydrogen (secondary N) is 1. The molecule has 0 fully saturated rings. The predicted molar refractivity (Wildman–Crippen MR) is 119 cm³/mol. The second-order valence-electron chi connectivity index (χ2n) is 8.32. The number of alkyl halides is 3. The van der Waals surface area contributed by atoms with E-state index < -0.39 is 12.6 Å². The molecule has 0 saturated carbocycles. The van der Waals surface area contributed by atoms with E-state index in [-0.39, 0.29) is 12.6 Å². The van der Waals surface area contributed by atoms with Crippen molar-refractivity contribution in [3.8, 4) is 11.5 Å². The first-order valence-corrected chi connectivity index (χ1v) is 11.0. The van der Waals surface area contributed by atoms with E-state index in [2.05, 4.69) is 17.1 Å². The molecule has 0 saturated heterocycles. The minimum atomic E-state index is -4.16. The van der Waals surface area contributed by atoms with Crippen molar-refractivity contribution in [3.63, 3.8) is 0 Å². The number of nitrogens with zero attached hydrogens (tertiary/aromatic N) is 1. The Balaban J connectivity index is 1.56. The van der Waals surface area contributed by atoms with Crippen LogP contribution in [0.4, 0.5) is 13.2 Å². The summed E-state index contributed by atoms with van der Waals surface area (Å²) in [5.74, 6) is 1.28. The van der Waals surface area contributed by atoms with Crippen LogP contribution < -0.4 is 9.47 Å². The van der Waals surface area contributed by atoms with Crippen LogP contribution in [0, 0.1) is 0 Å². The molecular weight excluding hydrogens is 417 g/mol. The lowest BCUT2D eigenvalue weighted by Gasteiger charge is -2.38. The topological polar surface area (TPSA) is 37.5 Å². The third kappa shape index (κ3) is 4.88. The van der Waals surface area contributed by atoms with Gasteiger partial charge in [-0.05, 0) is 60.6 Å². The van der Waals surface area contributed by atoms with Crippen molar-refractivity contribution in [1.29, 1.82) is 0 Å². The molecule has 1 atom stereocenters. The fraction of sp³-hybridized carbons (Fsp3) is 0.440. The number of H-pyrrole nitrogens is 1. The molecule has 4 rings (SSSR count). The van der Waals surface area contributed by atoms with Crippen LogP contribution in [0.3, 0.4) is 0 Å². The van der Waals surface area contributed by atoms with Crippen LogP contribution in [0.2, 0.25) is 0 Å². The molecule has 0 amide bonds. The number of rotatable bonds is 8. The molecule has 3 aromatic rings. The maximum absolute atomic E-state index is 13.0. The van der Waals surface area contributed by atoms with Crippen molar-refractivity contribution in [2.24, 2.45) is 0 Å². The number of hydrogen-bond donors (Lipinski definition) is 1. The van der Waals surface area contributed by atoms with Gasteiger partial charge in [0.2, 0.25) is 0 Å². The summed E-state index contributed by atoms with van der Waals surface area (Å²) in [5, 5.41) is 1.21. The molecular formula is C25H29F3N2O2. The maximum atomic E-state index is 13.0. The predicted octanol–water partition coefficient (Wildman–Crippen LogP) is 6.06. The number of methoxy groups -OCH3 is 2. The first-order chi connectivity index (χ1) is 15.4. The first kappa shape index (κ1) is 22.5. The summed E-state index contributed by atoms with van der Waals surface area (Å²) in [6.07, 6.45) is 0.307. The third-order valence-corrected chi connectivity index (χ3v) is 6.39. The molecule has 1 aromatic heterocycles. The normalized spacial score (nSPS) is 16.8. The summed E-state index contributed by atoms with van der Waals surface area (Å²) in [6.45, 7) is 0.616. The fourth-order valence-corrected chi connectivity index (χ4v) is 4.78. The van der Waals surface area contributed by atoms with Crippen molar-refractivity contribution < 1.29 is 22.6 Å². The Morgan fingerprint density at radius 1 is 1.09 bits per heavy atom. The molecule has 2 heterocycles. The summed E-state index contributed by atoms with van der Waals surface area (Å²) >= 11 is 0. The van der Waals surface area contributed by atoms with Gasteiger partial charge in [0.1, 0.15) is 0 Å². The molecule has 1 N–H and O–H groups in total. The lowest BCUT2D eigenvalue weighted by Crippen LogP contribution is -2.37. The number of aryl methyl sites for hydroxylation is 1. The minimum Gasteiger partial charge on any atom is -0.493 e. The van der Waals surface area contributed by atoms with E-state index in [1.54, 1.807) is 14.2 Å². The Labute approximate surface area is 186 Å². The van der Waals surface area contributed by atoms with Crippen molar-refractivity contribution in [1.82, 2.24) is 9.88 Å². The largest absolute Gasteiger partial charge is 0.493 e. The van der Waals surface area contributed by atoms with E-state index >= 15 is 0 Å². The van der Waals surface area contributed by atoms with Gasteiger partial charge in [-0.25, -0.2) is 0 Å². The van der Waals surface area contributed by atoms with Crippen molar-refractivity contribution >= 4 is 10.9 Å². The van der Waals surface area contributed by atoms with Gasteiger partial charge < -0.3 is 14.5 Å². The third-order valence-electron chi connectivity index (χ3n) is 6.39. The van der Waals surface area contributed by atoms with Crippen LogP contribution >= 0.6 is 0 Å². The van der Waals surface area contributed by atoms with E-state index in [1.165, 1.54) is 10.9 Å². The molecule has 1 unspecified atom stereocenters. The van der Waals surface area contributed by atoms with Crippen molar-refractivity contribution in [2.45, 2.75) is 44.3 Å². The average molecular weight is 447 g/mol. The second-order valence-corrected chi connectivity index (χ2v) is 8.32. The second kappa shape index (κ2) is 9.45. The number of ether oxygens (including phenoxy) is 2. The SMILES string of the molecule is COc1cc2c(cc1OC)C(CCCc1c[nH]c3ccccc13)N(CCC(F)(F)F)CC2. The van der Waals surface area contributed by atoms with Gasteiger partial charge in [0, 0.05) is 36.2 Å². The molecule has 0 aliphatic carbocycles. The van der Waals surface area contributed by atoms with Crippen LogP contribution in [0.5, 0.6) is 11.5 Å². The molecule has 172 valence electrons. The Morgan fingerprint density at radius 2 is 1.84 bits per heavy atom. The zero-order chi connectivity index (χ0) is 22.7. The fourth-order valence-electron chi connectivity index (χ4n) is 4.78. The molecule has 2 aromatic carbocycles. The summed E-state index contributed by atoms with van der Waals surface area (Å²) in [7, 11) is 3.18. The average Bonchev–Trinajstić information content (AvgIpc) is 3.19. The van der Waals surface area contributed by atoms with Gasteiger partial charge in [0.25, 0.3) is 0 Å². The Bertz CT molecular complexity index is 1060. The number of para-hydroxylation sites is 1. The monoisotopic (exact) mass is 446 g/mol. The van der Waals surface area contributed by atoms with Crippen LogP contribution in [0.25, 0.3) is 10.9 Å². The number of benzene rings is 2. The van der Waals surface area contributed by atoms with Gasteiger partial charge in [-0.1, -0.05) is 18.2 Å². The van der Waals surface area contributed by atoms with E-state index in [9.17, 15) is 13.2 Å². The summed E-state index contributed by atoms with van der Waals surface area (Å²) < 4.78 is 49.8. The number of fused-ring (bicyclic) bond motifs is 2. The number of hydrogen-bond acceptors (Lipinski definition) is 3. The molecule has 1 aliphatic heterocycles. The number of aromatic amines is 1. The highest BCUT2D eigenvalue weighted by atomic mass is 19.4. The zero-order valence-corrected chi connectivity index (χ0v) is 18.5. The summed E-state index contributed by atoms with van der Waals surface area (Å²) in [6, 6.07) is 12.0. The number of aromatic nitrogens is 1. The van der Waals surface area contributed by atoms with Gasteiger partial charge in [-0.2, -0.15) is 13.2 Å². The zero-order valence-electron chi connectivity index (χ0n) is 18.5.